The van der Waals surface area contributed by atoms with Crippen molar-refractivity contribution < 1.29 is 9.53 Å². The van der Waals surface area contributed by atoms with Crippen molar-refractivity contribution in [3.05, 3.63) is 84.3 Å². The number of hydrogen-bond acceptors (Lipinski definition) is 9. The lowest BCUT2D eigenvalue weighted by Gasteiger charge is -2.09. The Labute approximate surface area is 190 Å². The molecule has 0 aliphatic rings. The number of ether oxygens (including phenoxy) is 1. The highest BCUT2D eigenvalue weighted by atomic mass is 16.5. The van der Waals surface area contributed by atoms with E-state index in [9.17, 15) is 4.79 Å². The number of carbonyl (C=O) groups excluding carboxylic acids is 1. The molecular weight excluding hydrogens is 420 g/mol. The highest BCUT2D eigenvalue weighted by molar-refractivity contribution is 5.94. The summed E-state index contributed by atoms with van der Waals surface area (Å²) in [5.41, 5.74) is 2.11. The Morgan fingerprint density at radius 1 is 0.909 bits per heavy atom. The Hall–Kier alpha value is -4.60. The molecule has 33 heavy (non-hydrogen) atoms. The average Bonchev–Trinajstić information content (AvgIpc) is 2.85. The van der Waals surface area contributed by atoms with Gasteiger partial charge in [-0.05, 0) is 55.5 Å². The molecule has 0 saturated heterocycles. The van der Waals surface area contributed by atoms with Crippen LogP contribution in [-0.2, 0) is 0 Å². The highest BCUT2D eigenvalue weighted by Crippen LogP contribution is 2.20. The van der Waals surface area contributed by atoms with Gasteiger partial charge in [0.05, 0.1) is 17.6 Å². The number of amides is 1. The van der Waals surface area contributed by atoms with Crippen LogP contribution in [0.5, 0.6) is 11.6 Å². The minimum absolute atomic E-state index is 0.209. The zero-order valence-corrected chi connectivity index (χ0v) is 17.9. The lowest BCUT2D eigenvalue weighted by Crippen LogP contribution is -2.28. The summed E-state index contributed by atoms with van der Waals surface area (Å²) < 4.78 is 5.66. The van der Waals surface area contributed by atoms with Gasteiger partial charge in [-0.1, -0.05) is 6.07 Å². The minimum Gasteiger partial charge on any atom is -0.438 e. The van der Waals surface area contributed by atoms with Crippen LogP contribution in [0.25, 0.3) is 0 Å². The van der Waals surface area contributed by atoms with Crippen molar-refractivity contribution >= 4 is 23.2 Å². The smallest absolute Gasteiger partial charge is 0.251 e. The number of pyridine rings is 1. The quantitative estimate of drug-likeness (QED) is 0.334. The third-order valence-corrected chi connectivity index (χ3v) is 4.41. The molecule has 0 aliphatic heterocycles. The second-order valence-electron chi connectivity index (χ2n) is 7.00. The van der Waals surface area contributed by atoms with Crippen LogP contribution in [0.15, 0.2) is 73.1 Å². The summed E-state index contributed by atoms with van der Waals surface area (Å²) in [5, 5.41) is 25.3. The van der Waals surface area contributed by atoms with Gasteiger partial charge in [-0.3, -0.25) is 9.78 Å². The molecule has 10 nitrogen and oxygen atoms in total. The van der Waals surface area contributed by atoms with Gasteiger partial charge in [0.1, 0.15) is 11.6 Å². The summed E-state index contributed by atoms with van der Waals surface area (Å²) in [6.07, 6.45) is 3.41. The number of rotatable bonds is 9. The molecule has 0 saturated carbocycles. The predicted octanol–water partition coefficient (Wildman–Crippen LogP) is 3.35. The highest BCUT2D eigenvalue weighted by Gasteiger charge is 2.08. The largest absolute Gasteiger partial charge is 0.438 e. The van der Waals surface area contributed by atoms with Gasteiger partial charge in [0.25, 0.3) is 5.91 Å². The van der Waals surface area contributed by atoms with Crippen molar-refractivity contribution in [2.24, 2.45) is 0 Å². The van der Waals surface area contributed by atoms with Crippen LogP contribution in [0.1, 0.15) is 16.1 Å². The van der Waals surface area contributed by atoms with E-state index in [2.05, 4.69) is 41.3 Å². The maximum atomic E-state index is 12.5. The summed E-state index contributed by atoms with van der Waals surface area (Å²) in [6, 6.07) is 17.8. The van der Waals surface area contributed by atoms with Crippen molar-refractivity contribution in [2.45, 2.75) is 6.92 Å². The van der Waals surface area contributed by atoms with Crippen molar-refractivity contribution in [1.82, 2.24) is 30.7 Å². The van der Waals surface area contributed by atoms with Gasteiger partial charge in [-0.2, -0.15) is 5.10 Å². The third kappa shape index (κ3) is 6.44. The molecule has 0 fully saturated rings. The fraction of sp³-hybridized carbons (Fsp3) is 0.130. The van der Waals surface area contributed by atoms with E-state index in [1.54, 1.807) is 48.8 Å². The van der Waals surface area contributed by atoms with Gasteiger partial charge in [0.15, 0.2) is 5.82 Å². The number of nitrogens with zero attached hydrogens (tertiary/aromatic N) is 5. The Bertz CT molecular complexity index is 1190. The summed E-state index contributed by atoms with van der Waals surface area (Å²) in [4.78, 5) is 16.5. The van der Waals surface area contributed by atoms with E-state index >= 15 is 0 Å². The number of carbonyl (C=O) groups is 1. The first-order chi connectivity index (χ1) is 16.2. The molecule has 3 N–H and O–H groups in total. The molecule has 1 amide bonds. The third-order valence-electron chi connectivity index (χ3n) is 4.41. The van der Waals surface area contributed by atoms with E-state index in [-0.39, 0.29) is 5.91 Å². The second-order valence-corrected chi connectivity index (χ2v) is 7.00. The number of aryl methyl sites for hydroxylation is 1. The van der Waals surface area contributed by atoms with Crippen molar-refractivity contribution in [2.75, 3.05) is 23.7 Å². The van der Waals surface area contributed by atoms with Crippen LogP contribution in [0.4, 0.5) is 17.3 Å². The lowest BCUT2D eigenvalue weighted by atomic mass is 10.2. The standard InChI is InChI=1S/C23H22N8O2/c1-16-7-10-22(31-28-16)33-19-6-2-4-17(14-19)23(32)26-13-12-25-20-8-9-21(30-29-20)27-18-5-3-11-24-15-18/h2-11,14-15H,12-13H2,1H3,(H,25,29)(H,26,32)(H,27,30). The summed E-state index contributed by atoms with van der Waals surface area (Å²) in [5.74, 6) is 1.88. The van der Waals surface area contributed by atoms with Crippen LogP contribution < -0.4 is 20.7 Å². The Morgan fingerprint density at radius 2 is 1.79 bits per heavy atom. The Balaban J connectivity index is 1.23. The fourth-order valence-electron chi connectivity index (χ4n) is 2.81. The van der Waals surface area contributed by atoms with Crippen molar-refractivity contribution in [1.29, 1.82) is 0 Å². The summed E-state index contributed by atoms with van der Waals surface area (Å²) >= 11 is 0. The normalized spacial score (nSPS) is 10.3. The first kappa shape index (κ1) is 21.6. The minimum atomic E-state index is -0.209. The van der Waals surface area contributed by atoms with E-state index in [0.717, 1.165) is 11.4 Å². The van der Waals surface area contributed by atoms with Crippen LogP contribution >= 0.6 is 0 Å². The van der Waals surface area contributed by atoms with E-state index in [1.807, 2.05) is 31.2 Å². The number of nitrogens with one attached hydrogen (secondary N) is 3. The first-order valence-corrected chi connectivity index (χ1v) is 10.3. The SMILES string of the molecule is Cc1ccc(Oc2cccc(C(=O)NCCNc3ccc(Nc4cccnc4)nn3)c2)nn1. The Morgan fingerprint density at radius 3 is 2.55 bits per heavy atom. The zero-order chi connectivity index (χ0) is 22.9. The molecule has 0 bridgehead atoms. The van der Waals surface area contributed by atoms with Crippen LogP contribution in [0.3, 0.4) is 0 Å². The van der Waals surface area contributed by atoms with Crippen molar-refractivity contribution in [3.8, 4) is 11.6 Å². The van der Waals surface area contributed by atoms with Crippen LogP contribution in [-0.4, -0.2) is 44.4 Å². The van der Waals surface area contributed by atoms with E-state index in [4.69, 9.17) is 4.74 Å². The molecule has 0 spiro atoms. The Kier molecular flexibility index (Phi) is 6.96. The van der Waals surface area contributed by atoms with Crippen LogP contribution in [0.2, 0.25) is 0 Å². The molecule has 0 unspecified atom stereocenters. The molecule has 4 rings (SSSR count). The zero-order valence-electron chi connectivity index (χ0n) is 17.9. The second kappa shape index (κ2) is 10.6. The molecule has 0 atom stereocenters. The van der Waals surface area contributed by atoms with Crippen molar-refractivity contribution in [3.63, 3.8) is 0 Å². The van der Waals surface area contributed by atoms with E-state index < -0.39 is 0 Å². The lowest BCUT2D eigenvalue weighted by molar-refractivity contribution is 0.0955. The predicted molar refractivity (Wildman–Crippen MR) is 124 cm³/mol. The number of benzene rings is 1. The molecule has 10 heteroatoms. The first-order valence-electron chi connectivity index (χ1n) is 10.3. The van der Waals surface area contributed by atoms with Gasteiger partial charge < -0.3 is 20.7 Å². The number of anilines is 3. The van der Waals surface area contributed by atoms with E-state index in [0.29, 0.717) is 41.9 Å². The van der Waals surface area contributed by atoms with Gasteiger partial charge in [-0.15, -0.1) is 15.3 Å². The maximum Gasteiger partial charge on any atom is 0.251 e. The monoisotopic (exact) mass is 442 g/mol. The van der Waals surface area contributed by atoms with Gasteiger partial charge in [0.2, 0.25) is 5.88 Å². The maximum absolute atomic E-state index is 12.5. The van der Waals surface area contributed by atoms with E-state index in [1.165, 1.54) is 0 Å². The average molecular weight is 442 g/mol. The molecule has 4 aromatic rings. The molecule has 0 aliphatic carbocycles. The summed E-state index contributed by atoms with van der Waals surface area (Å²) in [6.45, 7) is 2.75. The van der Waals surface area contributed by atoms with Gasteiger partial charge >= 0.3 is 0 Å². The molecule has 166 valence electrons. The van der Waals surface area contributed by atoms with Gasteiger partial charge in [0, 0.05) is 30.9 Å². The topological polar surface area (TPSA) is 127 Å². The number of aromatic nitrogens is 5. The molecule has 0 radical (unpaired) electrons. The fourth-order valence-corrected chi connectivity index (χ4v) is 2.81. The molecular formula is C23H22N8O2. The molecule has 3 aromatic heterocycles. The number of hydrogen-bond donors (Lipinski definition) is 3. The molecule has 1 aromatic carbocycles. The molecule has 3 heterocycles. The summed E-state index contributed by atoms with van der Waals surface area (Å²) in [7, 11) is 0. The van der Waals surface area contributed by atoms with Crippen LogP contribution in [0, 0.1) is 6.92 Å². The van der Waals surface area contributed by atoms with Gasteiger partial charge in [-0.25, -0.2) is 0 Å².